The lowest BCUT2D eigenvalue weighted by Gasteiger charge is -2.12. The Morgan fingerprint density at radius 3 is 2.47 bits per heavy atom. The molecule has 152 valence electrons. The first-order valence-corrected chi connectivity index (χ1v) is 8.79. The number of aromatic nitrogens is 3. The van der Waals surface area contributed by atoms with E-state index in [0.717, 1.165) is 0 Å². The molecule has 9 heteroatoms. The van der Waals surface area contributed by atoms with Crippen molar-refractivity contribution in [3.8, 4) is 29.1 Å². The number of amides is 1. The first kappa shape index (κ1) is 20.4. The van der Waals surface area contributed by atoms with Crippen LogP contribution in [0.15, 0.2) is 48.8 Å². The maximum atomic E-state index is 12.5. The minimum atomic E-state index is -0.446. The molecule has 0 unspecified atom stereocenters. The molecule has 0 aliphatic heterocycles. The lowest BCUT2D eigenvalue weighted by Crippen LogP contribution is -2.13. The Hall–Kier alpha value is -4.32. The third kappa shape index (κ3) is 4.23. The van der Waals surface area contributed by atoms with Crippen LogP contribution in [-0.2, 0) is 4.79 Å². The van der Waals surface area contributed by atoms with E-state index in [4.69, 9.17) is 14.2 Å². The van der Waals surface area contributed by atoms with Crippen LogP contribution in [0.2, 0.25) is 0 Å². The number of hydrogen-bond acceptors (Lipinski definition) is 7. The smallest absolute Gasteiger partial charge is 0.249 e. The molecule has 0 saturated heterocycles. The number of methoxy groups -OCH3 is 3. The molecule has 0 aliphatic carbocycles. The molecule has 1 aromatic carbocycles. The lowest BCUT2D eigenvalue weighted by atomic mass is 10.1. The van der Waals surface area contributed by atoms with E-state index in [1.54, 1.807) is 42.6 Å². The molecule has 3 aromatic rings. The normalized spacial score (nSPS) is 10.5. The number of pyridine rings is 1. The van der Waals surface area contributed by atoms with E-state index in [1.807, 2.05) is 6.07 Å². The summed E-state index contributed by atoms with van der Waals surface area (Å²) in [6.07, 6.45) is 5.89. The fraction of sp³-hybridized carbons (Fsp3) is 0.143. The summed E-state index contributed by atoms with van der Waals surface area (Å²) in [4.78, 5) is 16.7. The highest BCUT2D eigenvalue weighted by Gasteiger charge is 2.15. The highest BCUT2D eigenvalue weighted by atomic mass is 16.5. The van der Waals surface area contributed by atoms with E-state index in [1.165, 1.54) is 38.3 Å². The molecule has 3 rings (SSSR count). The third-order valence-electron chi connectivity index (χ3n) is 4.11. The van der Waals surface area contributed by atoms with E-state index in [2.05, 4.69) is 15.4 Å². The maximum Gasteiger partial charge on any atom is 0.249 e. The molecule has 0 fully saturated rings. The van der Waals surface area contributed by atoms with E-state index < -0.39 is 5.91 Å². The summed E-state index contributed by atoms with van der Waals surface area (Å²) in [6.45, 7) is 0. The van der Waals surface area contributed by atoms with Crippen molar-refractivity contribution in [3.05, 3.63) is 59.9 Å². The highest BCUT2D eigenvalue weighted by Crippen LogP contribution is 2.38. The van der Waals surface area contributed by atoms with Crippen LogP contribution in [0.25, 0.3) is 11.9 Å². The maximum absolute atomic E-state index is 12.5. The number of rotatable bonds is 7. The summed E-state index contributed by atoms with van der Waals surface area (Å²) in [5.41, 5.74) is 0.883. The van der Waals surface area contributed by atoms with Crippen LogP contribution in [0.3, 0.4) is 0 Å². The molecular formula is C21H19N5O4. The van der Waals surface area contributed by atoms with Gasteiger partial charge in [-0.15, -0.1) is 0 Å². The Kier molecular flexibility index (Phi) is 6.29. The summed E-state index contributed by atoms with van der Waals surface area (Å²) in [7, 11) is 4.54. The fourth-order valence-electron chi connectivity index (χ4n) is 2.73. The first-order chi connectivity index (χ1) is 14.6. The van der Waals surface area contributed by atoms with Crippen molar-refractivity contribution in [2.24, 2.45) is 0 Å². The Morgan fingerprint density at radius 1 is 1.17 bits per heavy atom. The van der Waals surface area contributed by atoms with Crippen LogP contribution in [0.1, 0.15) is 11.1 Å². The molecule has 9 nitrogen and oxygen atoms in total. The van der Waals surface area contributed by atoms with E-state index in [-0.39, 0.29) is 11.4 Å². The minimum Gasteiger partial charge on any atom is -0.493 e. The molecule has 2 heterocycles. The van der Waals surface area contributed by atoms with Gasteiger partial charge in [-0.1, -0.05) is 6.07 Å². The number of benzene rings is 1. The number of carbonyl (C=O) groups excluding carboxylic acids is 1. The third-order valence-corrected chi connectivity index (χ3v) is 4.11. The molecule has 0 saturated carbocycles. The summed E-state index contributed by atoms with van der Waals surface area (Å²) < 4.78 is 17.3. The number of nitrogens with zero attached hydrogens (tertiary/aromatic N) is 4. The first-order valence-electron chi connectivity index (χ1n) is 8.79. The topological polar surface area (TPSA) is 111 Å². The number of carbonyl (C=O) groups is 1. The van der Waals surface area contributed by atoms with Gasteiger partial charge in [0.1, 0.15) is 11.6 Å². The van der Waals surface area contributed by atoms with Crippen LogP contribution in [-0.4, -0.2) is 42.0 Å². The second-order valence-corrected chi connectivity index (χ2v) is 5.90. The van der Waals surface area contributed by atoms with Crippen molar-refractivity contribution in [1.82, 2.24) is 14.8 Å². The van der Waals surface area contributed by atoms with Crippen molar-refractivity contribution in [1.29, 1.82) is 5.26 Å². The van der Waals surface area contributed by atoms with E-state index >= 15 is 0 Å². The summed E-state index contributed by atoms with van der Waals surface area (Å²) in [5.74, 6) is 1.66. The molecule has 0 radical (unpaired) electrons. The van der Waals surface area contributed by atoms with Gasteiger partial charge in [-0.3, -0.25) is 4.79 Å². The van der Waals surface area contributed by atoms with Crippen LogP contribution in [0.4, 0.5) is 5.82 Å². The Morgan fingerprint density at radius 2 is 1.90 bits per heavy atom. The average molecular weight is 405 g/mol. The number of nitriles is 1. The van der Waals surface area contributed by atoms with Gasteiger partial charge in [-0.25, -0.2) is 4.98 Å². The molecule has 30 heavy (non-hydrogen) atoms. The van der Waals surface area contributed by atoms with Gasteiger partial charge in [0.2, 0.25) is 11.7 Å². The molecule has 0 atom stereocenters. The fourth-order valence-corrected chi connectivity index (χ4v) is 2.73. The highest BCUT2D eigenvalue weighted by molar-refractivity contribution is 6.02. The summed E-state index contributed by atoms with van der Waals surface area (Å²) in [6, 6.07) is 10.7. The van der Waals surface area contributed by atoms with Crippen LogP contribution in [0.5, 0.6) is 17.2 Å². The van der Waals surface area contributed by atoms with Crippen molar-refractivity contribution >= 4 is 17.8 Å². The van der Waals surface area contributed by atoms with Crippen LogP contribution >= 0.6 is 0 Å². The SMILES string of the molecule is COc1cc(/C=C/C(=O)Nc2c(C#N)cnn2-c2ccccn2)cc(OC)c1OC. The van der Waals surface area contributed by atoms with Crippen molar-refractivity contribution < 1.29 is 19.0 Å². The second-order valence-electron chi connectivity index (χ2n) is 5.90. The monoisotopic (exact) mass is 405 g/mol. The molecule has 1 amide bonds. The molecule has 1 N–H and O–H groups in total. The van der Waals surface area contributed by atoms with Gasteiger partial charge in [0, 0.05) is 12.3 Å². The van der Waals surface area contributed by atoms with Gasteiger partial charge in [0.05, 0.1) is 27.5 Å². The largest absolute Gasteiger partial charge is 0.493 e. The van der Waals surface area contributed by atoms with E-state index in [0.29, 0.717) is 28.6 Å². The lowest BCUT2D eigenvalue weighted by molar-refractivity contribution is -0.111. The number of ether oxygens (including phenoxy) is 3. The average Bonchev–Trinajstić information content (AvgIpc) is 3.19. The minimum absolute atomic E-state index is 0.218. The van der Waals surface area contributed by atoms with Gasteiger partial charge >= 0.3 is 0 Å². The number of anilines is 1. The van der Waals surface area contributed by atoms with Crippen molar-refractivity contribution in [2.75, 3.05) is 26.6 Å². The Labute approximate surface area is 173 Å². The van der Waals surface area contributed by atoms with Crippen molar-refractivity contribution in [2.45, 2.75) is 0 Å². The summed E-state index contributed by atoms with van der Waals surface area (Å²) >= 11 is 0. The number of hydrogen-bond donors (Lipinski definition) is 1. The van der Waals surface area contributed by atoms with Crippen LogP contribution in [0, 0.1) is 11.3 Å². The predicted molar refractivity (Wildman–Crippen MR) is 110 cm³/mol. The Bertz CT molecular complexity index is 1090. The van der Waals surface area contributed by atoms with Gasteiger partial charge in [0.15, 0.2) is 23.1 Å². The van der Waals surface area contributed by atoms with E-state index in [9.17, 15) is 10.1 Å². The zero-order valence-corrected chi connectivity index (χ0v) is 16.6. The summed E-state index contributed by atoms with van der Waals surface area (Å²) in [5, 5.41) is 16.2. The molecule has 2 aromatic heterocycles. The molecule has 0 bridgehead atoms. The quantitative estimate of drug-likeness (QED) is 0.602. The van der Waals surface area contributed by atoms with Gasteiger partial charge in [-0.05, 0) is 35.9 Å². The Balaban J connectivity index is 1.86. The molecular weight excluding hydrogens is 386 g/mol. The second kappa shape index (κ2) is 9.25. The van der Waals surface area contributed by atoms with Gasteiger partial charge in [0.25, 0.3) is 0 Å². The zero-order valence-electron chi connectivity index (χ0n) is 16.6. The van der Waals surface area contributed by atoms with Gasteiger partial charge < -0.3 is 19.5 Å². The van der Waals surface area contributed by atoms with Crippen LogP contribution < -0.4 is 19.5 Å². The molecule has 0 aliphatic rings. The van der Waals surface area contributed by atoms with Crippen molar-refractivity contribution in [3.63, 3.8) is 0 Å². The predicted octanol–water partition coefficient (Wildman–Crippen LogP) is 2.82. The van der Waals surface area contributed by atoms with Gasteiger partial charge in [-0.2, -0.15) is 15.0 Å². The zero-order chi connectivity index (χ0) is 21.5. The molecule has 0 spiro atoms. The number of nitrogens with one attached hydrogen (secondary N) is 1. The standard InChI is InChI=1S/C21H19N5O4/c1-28-16-10-14(11-17(29-2)20(16)30-3)7-8-19(27)25-21-15(12-22)13-24-26(21)18-6-4-5-9-23-18/h4-11,13H,1-3H3,(H,25,27)/b8-7+.